The molecule has 0 bridgehead atoms. The fourth-order valence-electron chi connectivity index (χ4n) is 1.58. The molecule has 1 rings (SSSR count). The van der Waals surface area contributed by atoms with E-state index in [0.717, 1.165) is 26.1 Å². The highest BCUT2D eigenvalue weighted by atomic mass is 16.5. The first-order valence-corrected chi connectivity index (χ1v) is 5.29. The van der Waals surface area contributed by atoms with Crippen molar-refractivity contribution in [2.45, 2.75) is 31.8 Å². The van der Waals surface area contributed by atoms with Crippen LogP contribution in [0.2, 0.25) is 0 Å². The summed E-state index contributed by atoms with van der Waals surface area (Å²) in [5.74, 6) is 2.34. The molecule has 0 saturated carbocycles. The van der Waals surface area contributed by atoms with E-state index < -0.39 is 0 Å². The van der Waals surface area contributed by atoms with Gasteiger partial charge in [0.05, 0.1) is 12.6 Å². The van der Waals surface area contributed by atoms with E-state index in [-0.39, 0.29) is 11.9 Å². The lowest BCUT2D eigenvalue weighted by Gasteiger charge is -2.26. The average molecular weight is 210 g/mol. The molecule has 1 aliphatic heterocycles. The molecule has 4 nitrogen and oxygen atoms in total. The number of carbonyl (C=O) groups excluding carboxylic acids is 1. The minimum atomic E-state index is -0.193. The van der Waals surface area contributed by atoms with Crippen LogP contribution in [0.25, 0.3) is 0 Å². The van der Waals surface area contributed by atoms with Crippen molar-refractivity contribution in [1.29, 1.82) is 0 Å². The first-order chi connectivity index (χ1) is 7.24. The van der Waals surface area contributed by atoms with Gasteiger partial charge in [-0.15, -0.1) is 6.42 Å². The Morgan fingerprint density at radius 1 is 1.60 bits per heavy atom. The Kier molecular flexibility index (Phi) is 5.16. The van der Waals surface area contributed by atoms with Gasteiger partial charge in [0.15, 0.2) is 0 Å². The third-order valence-corrected chi connectivity index (χ3v) is 2.46. The molecule has 1 fully saturated rings. The average Bonchev–Trinajstić information content (AvgIpc) is 2.27. The van der Waals surface area contributed by atoms with Crippen molar-refractivity contribution < 1.29 is 9.53 Å². The number of ether oxygens (including phenoxy) is 1. The van der Waals surface area contributed by atoms with Crippen LogP contribution in [0, 0.1) is 12.3 Å². The molecule has 1 amide bonds. The molecular weight excluding hydrogens is 192 g/mol. The molecule has 15 heavy (non-hydrogen) atoms. The summed E-state index contributed by atoms with van der Waals surface area (Å²) >= 11 is 0. The summed E-state index contributed by atoms with van der Waals surface area (Å²) in [5, 5.41) is 5.92. The van der Waals surface area contributed by atoms with Crippen molar-refractivity contribution in [2.75, 3.05) is 19.8 Å². The molecule has 84 valence electrons. The van der Waals surface area contributed by atoms with Crippen molar-refractivity contribution in [3.63, 3.8) is 0 Å². The Labute approximate surface area is 90.8 Å². The highest BCUT2D eigenvalue weighted by Gasteiger charge is 2.19. The van der Waals surface area contributed by atoms with Gasteiger partial charge in [-0.25, -0.2) is 0 Å². The number of terminal acetylenes is 1. The largest absolute Gasteiger partial charge is 0.381 e. The molecule has 1 atom stereocenters. The maximum Gasteiger partial charge on any atom is 0.237 e. The second kappa shape index (κ2) is 6.44. The second-order valence-electron chi connectivity index (χ2n) is 3.70. The molecule has 1 unspecified atom stereocenters. The standard InChI is InChI=1S/C11H18N2O2/c1-3-6-12-11(14)9(2)13-10-4-7-15-8-5-10/h1,9-10,13H,4-8H2,2H3,(H,12,14). The van der Waals surface area contributed by atoms with Crippen LogP contribution in [0.4, 0.5) is 0 Å². The fourth-order valence-corrected chi connectivity index (χ4v) is 1.58. The van der Waals surface area contributed by atoms with Crippen LogP contribution in [0.15, 0.2) is 0 Å². The predicted octanol–water partition coefficient (Wildman–Crippen LogP) is -0.107. The number of amides is 1. The molecule has 4 heteroatoms. The van der Waals surface area contributed by atoms with E-state index in [9.17, 15) is 4.79 Å². The monoisotopic (exact) mass is 210 g/mol. The Morgan fingerprint density at radius 2 is 2.27 bits per heavy atom. The Hall–Kier alpha value is -1.05. The van der Waals surface area contributed by atoms with Crippen LogP contribution in [-0.2, 0) is 9.53 Å². The molecule has 0 aliphatic carbocycles. The van der Waals surface area contributed by atoms with Crippen LogP contribution in [0.3, 0.4) is 0 Å². The van der Waals surface area contributed by atoms with Gasteiger partial charge in [-0.05, 0) is 19.8 Å². The van der Waals surface area contributed by atoms with Gasteiger partial charge in [-0.1, -0.05) is 5.92 Å². The molecule has 0 spiro atoms. The molecule has 1 aliphatic rings. The Balaban J connectivity index is 2.24. The molecule has 0 radical (unpaired) electrons. The van der Waals surface area contributed by atoms with Crippen molar-refractivity contribution in [3.05, 3.63) is 0 Å². The lowest BCUT2D eigenvalue weighted by molar-refractivity contribution is -0.122. The number of rotatable bonds is 4. The maximum atomic E-state index is 11.5. The quantitative estimate of drug-likeness (QED) is 0.637. The molecule has 1 heterocycles. The van der Waals surface area contributed by atoms with E-state index >= 15 is 0 Å². The topological polar surface area (TPSA) is 50.4 Å². The lowest BCUT2D eigenvalue weighted by atomic mass is 10.1. The summed E-state index contributed by atoms with van der Waals surface area (Å²) < 4.78 is 5.24. The molecule has 0 aromatic carbocycles. The van der Waals surface area contributed by atoms with E-state index in [0.29, 0.717) is 12.6 Å². The van der Waals surface area contributed by atoms with Gasteiger partial charge in [-0.2, -0.15) is 0 Å². The molecule has 0 aromatic rings. The van der Waals surface area contributed by atoms with Gasteiger partial charge in [0.25, 0.3) is 0 Å². The van der Waals surface area contributed by atoms with E-state index in [1.54, 1.807) is 0 Å². The van der Waals surface area contributed by atoms with Crippen molar-refractivity contribution in [2.24, 2.45) is 0 Å². The maximum absolute atomic E-state index is 11.5. The SMILES string of the molecule is C#CCNC(=O)C(C)NC1CCOCC1. The van der Waals surface area contributed by atoms with E-state index in [4.69, 9.17) is 11.2 Å². The van der Waals surface area contributed by atoms with Gasteiger partial charge in [0.2, 0.25) is 5.91 Å². The lowest BCUT2D eigenvalue weighted by Crippen LogP contribution is -2.48. The summed E-state index contributed by atoms with van der Waals surface area (Å²) in [4.78, 5) is 11.5. The minimum Gasteiger partial charge on any atom is -0.381 e. The first-order valence-electron chi connectivity index (χ1n) is 5.29. The summed E-state index contributed by atoms with van der Waals surface area (Å²) in [6, 6.07) is 0.187. The number of carbonyl (C=O) groups is 1. The predicted molar refractivity (Wildman–Crippen MR) is 58.3 cm³/mol. The smallest absolute Gasteiger partial charge is 0.237 e. The van der Waals surface area contributed by atoms with Crippen molar-refractivity contribution in [1.82, 2.24) is 10.6 Å². The zero-order valence-electron chi connectivity index (χ0n) is 9.08. The Morgan fingerprint density at radius 3 is 2.87 bits per heavy atom. The number of nitrogens with one attached hydrogen (secondary N) is 2. The third kappa shape index (κ3) is 4.32. The highest BCUT2D eigenvalue weighted by molar-refractivity contribution is 5.81. The van der Waals surface area contributed by atoms with Crippen LogP contribution in [-0.4, -0.2) is 37.7 Å². The fraction of sp³-hybridized carbons (Fsp3) is 0.727. The van der Waals surface area contributed by atoms with Gasteiger partial charge in [-0.3, -0.25) is 4.79 Å². The molecule has 1 saturated heterocycles. The molecule has 2 N–H and O–H groups in total. The van der Waals surface area contributed by atoms with Crippen LogP contribution in [0.1, 0.15) is 19.8 Å². The van der Waals surface area contributed by atoms with Crippen LogP contribution in [0.5, 0.6) is 0 Å². The van der Waals surface area contributed by atoms with Gasteiger partial charge >= 0.3 is 0 Å². The minimum absolute atomic E-state index is 0.0422. The zero-order valence-corrected chi connectivity index (χ0v) is 9.08. The summed E-state index contributed by atoms with van der Waals surface area (Å²) in [6.07, 6.45) is 6.99. The molecular formula is C11H18N2O2. The summed E-state index contributed by atoms with van der Waals surface area (Å²) in [6.45, 7) is 3.69. The number of hydrogen-bond acceptors (Lipinski definition) is 3. The summed E-state index contributed by atoms with van der Waals surface area (Å²) in [5.41, 5.74) is 0. The highest BCUT2D eigenvalue weighted by Crippen LogP contribution is 2.06. The Bertz CT molecular complexity index is 241. The third-order valence-electron chi connectivity index (χ3n) is 2.46. The van der Waals surface area contributed by atoms with Crippen molar-refractivity contribution in [3.8, 4) is 12.3 Å². The van der Waals surface area contributed by atoms with Gasteiger partial charge < -0.3 is 15.4 Å². The zero-order chi connectivity index (χ0) is 11.1. The first kappa shape index (κ1) is 12.0. The van der Waals surface area contributed by atoms with Crippen LogP contribution >= 0.6 is 0 Å². The number of hydrogen-bond donors (Lipinski definition) is 2. The van der Waals surface area contributed by atoms with E-state index in [1.807, 2.05) is 6.92 Å². The van der Waals surface area contributed by atoms with Gasteiger partial charge in [0.1, 0.15) is 0 Å². The second-order valence-corrected chi connectivity index (χ2v) is 3.70. The normalized spacial score (nSPS) is 19.2. The summed E-state index contributed by atoms with van der Waals surface area (Å²) in [7, 11) is 0. The van der Waals surface area contributed by atoms with E-state index in [2.05, 4.69) is 16.6 Å². The van der Waals surface area contributed by atoms with Gasteiger partial charge in [0, 0.05) is 19.3 Å². The van der Waals surface area contributed by atoms with E-state index in [1.165, 1.54) is 0 Å². The van der Waals surface area contributed by atoms with Crippen LogP contribution < -0.4 is 10.6 Å². The van der Waals surface area contributed by atoms with Crippen molar-refractivity contribution >= 4 is 5.91 Å². The molecule has 0 aromatic heterocycles.